The predicted molar refractivity (Wildman–Crippen MR) is 78.1 cm³/mol. The van der Waals surface area contributed by atoms with Gasteiger partial charge in [-0.3, -0.25) is 0 Å². The zero-order valence-corrected chi connectivity index (χ0v) is 12.6. The van der Waals surface area contributed by atoms with Crippen molar-refractivity contribution in [1.82, 2.24) is 0 Å². The van der Waals surface area contributed by atoms with Gasteiger partial charge in [-0.15, -0.1) is 11.6 Å². The predicted octanol–water partition coefficient (Wildman–Crippen LogP) is 5.20. The molecule has 96 valence electrons. The van der Waals surface area contributed by atoms with Gasteiger partial charge in [0.1, 0.15) is 0 Å². The fourth-order valence-corrected chi connectivity index (χ4v) is 3.00. The van der Waals surface area contributed by atoms with Crippen molar-refractivity contribution in [2.45, 2.75) is 59.3 Å². The van der Waals surface area contributed by atoms with Crippen molar-refractivity contribution in [3.63, 3.8) is 0 Å². The fraction of sp³-hybridized carbons (Fsp3) is 0.625. The molecule has 0 aliphatic rings. The maximum Gasteiger partial charge on any atom is 0.0341 e. The summed E-state index contributed by atoms with van der Waals surface area (Å²) in [6, 6.07) is 4.54. The Morgan fingerprint density at radius 3 is 2.06 bits per heavy atom. The van der Waals surface area contributed by atoms with Crippen LogP contribution in [0.3, 0.4) is 0 Å². The van der Waals surface area contributed by atoms with Crippen LogP contribution in [0.1, 0.15) is 48.9 Å². The number of hydrogen-bond acceptors (Lipinski definition) is 0. The molecule has 1 unspecified atom stereocenters. The molecule has 17 heavy (non-hydrogen) atoms. The first-order chi connectivity index (χ1) is 7.90. The Labute approximate surface area is 111 Å². The SMILES string of the molecule is Cc1cc(C)c(CCC(Cl)CC(C)C)c(C)c1. The van der Waals surface area contributed by atoms with Gasteiger partial charge >= 0.3 is 0 Å². The maximum atomic E-state index is 6.36. The zero-order valence-electron chi connectivity index (χ0n) is 11.8. The molecule has 0 saturated heterocycles. The van der Waals surface area contributed by atoms with Crippen molar-refractivity contribution in [3.05, 3.63) is 34.4 Å². The van der Waals surface area contributed by atoms with Gasteiger partial charge in [0.05, 0.1) is 0 Å². The molecule has 0 amide bonds. The highest BCUT2D eigenvalue weighted by molar-refractivity contribution is 6.20. The summed E-state index contributed by atoms with van der Waals surface area (Å²) >= 11 is 6.36. The molecule has 0 radical (unpaired) electrons. The smallest absolute Gasteiger partial charge is 0.0341 e. The van der Waals surface area contributed by atoms with Crippen LogP contribution in [0.5, 0.6) is 0 Å². The molecule has 0 aliphatic heterocycles. The third-order valence-corrected chi connectivity index (χ3v) is 3.67. The van der Waals surface area contributed by atoms with Crippen LogP contribution in [0.15, 0.2) is 12.1 Å². The molecular weight excluding hydrogens is 228 g/mol. The molecule has 1 rings (SSSR count). The Hall–Kier alpha value is -0.490. The van der Waals surface area contributed by atoms with E-state index in [9.17, 15) is 0 Å². The summed E-state index contributed by atoms with van der Waals surface area (Å²) in [4.78, 5) is 0. The van der Waals surface area contributed by atoms with E-state index in [4.69, 9.17) is 11.6 Å². The first kappa shape index (κ1) is 14.6. The molecule has 0 N–H and O–H groups in total. The van der Waals surface area contributed by atoms with E-state index in [-0.39, 0.29) is 0 Å². The van der Waals surface area contributed by atoms with Gasteiger partial charge < -0.3 is 0 Å². The highest BCUT2D eigenvalue weighted by atomic mass is 35.5. The summed E-state index contributed by atoms with van der Waals surface area (Å²) in [6.07, 6.45) is 3.31. The minimum Gasteiger partial charge on any atom is -0.123 e. The van der Waals surface area contributed by atoms with Gasteiger partial charge in [0, 0.05) is 5.38 Å². The summed E-state index contributed by atoms with van der Waals surface area (Å²) < 4.78 is 0. The lowest BCUT2D eigenvalue weighted by Gasteiger charge is -2.15. The van der Waals surface area contributed by atoms with Crippen molar-refractivity contribution in [2.24, 2.45) is 5.92 Å². The highest BCUT2D eigenvalue weighted by Gasteiger charge is 2.10. The minimum atomic E-state index is 0.315. The molecule has 1 aromatic carbocycles. The number of benzene rings is 1. The van der Waals surface area contributed by atoms with E-state index in [0.717, 1.165) is 19.3 Å². The maximum absolute atomic E-state index is 6.36. The van der Waals surface area contributed by atoms with Gasteiger partial charge in [-0.1, -0.05) is 31.5 Å². The monoisotopic (exact) mass is 252 g/mol. The second-order valence-corrected chi connectivity index (χ2v) is 6.26. The summed E-state index contributed by atoms with van der Waals surface area (Å²) in [6.45, 7) is 11.0. The van der Waals surface area contributed by atoms with E-state index < -0.39 is 0 Å². The third kappa shape index (κ3) is 4.71. The fourth-order valence-electron chi connectivity index (χ4n) is 2.53. The number of aryl methyl sites for hydroxylation is 3. The summed E-state index contributed by atoms with van der Waals surface area (Å²) in [5.41, 5.74) is 5.67. The van der Waals surface area contributed by atoms with Crippen LogP contribution in [-0.4, -0.2) is 5.38 Å². The molecule has 0 bridgehead atoms. The van der Waals surface area contributed by atoms with E-state index in [0.29, 0.717) is 11.3 Å². The lowest BCUT2D eigenvalue weighted by molar-refractivity contribution is 0.544. The van der Waals surface area contributed by atoms with Gasteiger partial charge in [-0.25, -0.2) is 0 Å². The minimum absolute atomic E-state index is 0.315. The average Bonchev–Trinajstić information content (AvgIpc) is 2.14. The third-order valence-electron chi connectivity index (χ3n) is 3.28. The second kappa shape index (κ2) is 6.44. The van der Waals surface area contributed by atoms with Crippen LogP contribution in [0.25, 0.3) is 0 Å². The second-order valence-electron chi connectivity index (χ2n) is 5.64. The topological polar surface area (TPSA) is 0 Å². The van der Waals surface area contributed by atoms with E-state index in [2.05, 4.69) is 46.8 Å². The number of rotatable bonds is 5. The Bertz CT molecular complexity index is 343. The van der Waals surface area contributed by atoms with Crippen molar-refractivity contribution in [2.75, 3.05) is 0 Å². The van der Waals surface area contributed by atoms with E-state index in [1.54, 1.807) is 0 Å². The van der Waals surface area contributed by atoms with Crippen LogP contribution >= 0.6 is 11.6 Å². The molecule has 0 spiro atoms. The van der Waals surface area contributed by atoms with Gasteiger partial charge in [-0.2, -0.15) is 0 Å². The van der Waals surface area contributed by atoms with E-state index in [1.807, 2.05) is 0 Å². The Kier molecular flexibility index (Phi) is 5.52. The molecule has 0 nitrogen and oxygen atoms in total. The molecule has 0 aliphatic carbocycles. The van der Waals surface area contributed by atoms with Crippen molar-refractivity contribution in [3.8, 4) is 0 Å². The molecule has 1 aromatic rings. The van der Waals surface area contributed by atoms with Crippen molar-refractivity contribution in [1.29, 1.82) is 0 Å². The average molecular weight is 253 g/mol. The largest absolute Gasteiger partial charge is 0.123 e. The molecular formula is C16H25Cl. The molecule has 0 fully saturated rings. The van der Waals surface area contributed by atoms with Gasteiger partial charge in [-0.05, 0) is 62.6 Å². The summed E-state index contributed by atoms with van der Waals surface area (Å²) in [5, 5.41) is 0.315. The van der Waals surface area contributed by atoms with Crippen LogP contribution in [-0.2, 0) is 6.42 Å². The van der Waals surface area contributed by atoms with Crippen LogP contribution in [0.2, 0.25) is 0 Å². The quantitative estimate of drug-likeness (QED) is 0.632. The van der Waals surface area contributed by atoms with Gasteiger partial charge in [0.25, 0.3) is 0 Å². The molecule has 0 saturated carbocycles. The van der Waals surface area contributed by atoms with Crippen LogP contribution < -0.4 is 0 Å². The van der Waals surface area contributed by atoms with Crippen LogP contribution in [0, 0.1) is 26.7 Å². The zero-order chi connectivity index (χ0) is 13.0. The van der Waals surface area contributed by atoms with Gasteiger partial charge in [0.15, 0.2) is 0 Å². The highest BCUT2D eigenvalue weighted by Crippen LogP contribution is 2.22. The lowest BCUT2D eigenvalue weighted by Crippen LogP contribution is -2.06. The molecule has 0 aromatic heterocycles. The van der Waals surface area contributed by atoms with E-state index in [1.165, 1.54) is 22.3 Å². The summed E-state index contributed by atoms with van der Waals surface area (Å²) in [5.74, 6) is 0.692. The van der Waals surface area contributed by atoms with Crippen molar-refractivity contribution >= 4 is 11.6 Å². The first-order valence-electron chi connectivity index (χ1n) is 6.61. The number of alkyl halides is 1. The Balaban J connectivity index is 2.63. The molecule has 1 heteroatoms. The molecule has 1 atom stereocenters. The molecule has 0 heterocycles. The lowest BCUT2D eigenvalue weighted by atomic mass is 9.94. The number of halogens is 1. The normalized spacial score (nSPS) is 13.1. The van der Waals surface area contributed by atoms with Crippen LogP contribution in [0.4, 0.5) is 0 Å². The first-order valence-corrected chi connectivity index (χ1v) is 7.04. The van der Waals surface area contributed by atoms with Gasteiger partial charge in [0.2, 0.25) is 0 Å². The number of hydrogen-bond donors (Lipinski definition) is 0. The summed E-state index contributed by atoms with van der Waals surface area (Å²) in [7, 11) is 0. The standard InChI is InChI=1S/C16H25Cl/c1-11(2)8-15(17)6-7-16-13(4)9-12(3)10-14(16)5/h9-11,15H,6-8H2,1-5H3. The van der Waals surface area contributed by atoms with Crippen molar-refractivity contribution < 1.29 is 0 Å². The Morgan fingerprint density at radius 2 is 1.59 bits per heavy atom. The van der Waals surface area contributed by atoms with E-state index >= 15 is 0 Å². The Morgan fingerprint density at radius 1 is 1.06 bits per heavy atom.